The molecular formula is C19H20N2O4. The molecule has 0 aliphatic carbocycles. The number of anilines is 1. The summed E-state index contributed by atoms with van der Waals surface area (Å²) in [4.78, 5) is 39.6. The lowest BCUT2D eigenvalue weighted by Crippen LogP contribution is -2.27. The van der Waals surface area contributed by atoms with Gasteiger partial charge in [-0.2, -0.15) is 0 Å². The van der Waals surface area contributed by atoms with Gasteiger partial charge in [0.15, 0.2) is 12.4 Å². The molecule has 0 unspecified atom stereocenters. The number of aromatic nitrogens is 1. The first kappa shape index (κ1) is 18.3. The van der Waals surface area contributed by atoms with Crippen molar-refractivity contribution < 1.29 is 19.1 Å². The van der Waals surface area contributed by atoms with Crippen molar-refractivity contribution in [1.29, 1.82) is 0 Å². The molecule has 0 bridgehead atoms. The Morgan fingerprint density at radius 1 is 1.04 bits per heavy atom. The molecule has 0 atom stereocenters. The molecular weight excluding hydrogens is 320 g/mol. The number of esters is 1. The fourth-order valence-corrected chi connectivity index (χ4v) is 1.84. The molecule has 1 N–H and O–H groups in total. The van der Waals surface area contributed by atoms with Crippen molar-refractivity contribution in [1.82, 2.24) is 4.98 Å². The molecule has 0 saturated carbocycles. The monoisotopic (exact) mass is 340 g/mol. The Kier molecular flexibility index (Phi) is 5.64. The highest BCUT2D eigenvalue weighted by Crippen LogP contribution is 2.18. The number of rotatable bonds is 5. The lowest BCUT2D eigenvalue weighted by molar-refractivity contribution is -0.123. The molecule has 0 spiro atoms. The summed E-state index contributed by atoms with van der Waals surface area (Å²) < 4.78 is 4.99. The van der Waals surface area contributed by atoms with Gasteiger partial charge in [0.1, 0.15) is 0 Å². The van der Waals surface area contributed by atoms with Crippen LogP contribution in [0.15, 0.2) is 48.8 Å². The van der Waals surface area contributed by atoms with Crippen LogP contribution < -0.4 is 5.32 Å². The van der Waals surface area contributed by atoms with Crippen molar-refractivity contribution in [2.45, 2.75) is 20.8 Å². The predicted octanol–water partition coefficient (Wildman–Crippen LogP) is 3.11. The fourth-order valence-electron chi connectivity index (χ4n) is 1.84. The average Bonchev–Trinajstić information content (AvgIpc) is 2.60. The van der Waals surface area contributed by atoms with Crippen LogP contribution in [0, 0.1) is 5.41 Å². The van der Waals surface area contributed by atoms with Gasteiger partial charge in [0.25, 0.3) is 0 Å². The summed E-state index contributed by atoms with van der Waals surface area (Å²) in [5.41, 5.74) is 0.779. The summed E-state index contributed by atoms with van der Waals surface area (Å²) in [5.74, 6) is -1.04. The van der Waals surface area contributed by atoms with Gasteiger partial charge in [-0.15, -0.1) is 0 Å². The number of ether oxygens (including phenoxy) is 1. The van der Waals surface area contributed by atoms with E-state index in [4.69, 9.17) is 4.74 Å². The van der Waals surface area contributed by atoms with E-state index in [1.807, 2.05) is 20.8 Å². The Hall–Kier alpha value is -3.02. The number of hydrogen-bond donors (Lipinski definition) is 1. The van der Waals surface area contributed by atoms with E-state index in [2.05, 4.69) is 10.3 Å². The quantitative estimate of drug-likeness (QED) is 0.668. The normalized spacial score (nSPS) is 10.8. The minimum absolute atomic E-state index is 0.114. The van der Waals surface area contributed by atoms with Crippen molar-refractivity contribution in [3.8, 4) is 0 Å². The lowest BCUT2D eigenvalue weighted by Gasteiger charge is -2.17. The molecule has 0 saturated heterocycles. The smallest absolute Gasteiger partial charge is 0.340 e. The number of nitrogens with one attached hydrogen (secondary N) is 1. The number of Topliss-reactive ketones (excluding diaryl/α,β-unsaturated/α-hetero) is 1. The maximum absolute atomic E-state index is 12.1. The van der Waals surface area contributed by atoms with Crippen LogP contribution in [0.5, 0.6) is 0 Å². The van der Waals surface area contributed by atoms with Crippen LogP contribution in [0.4, 0.5) is 5.69 Å². The van der Waals surface area contributed by atoms with Gasteiger partial charge >= 0.3 is 5.97 Å². The van der Waals surface area contributed by atoms with Crippen molar-refractivity contribution in [2.75, 3.05) is 11.9 Å². The minimum atomic E-state index is -0.601. The zero-order valence-corrected chi connectivity index (χ0v) is 14.4. The van der Waals surface area contributed by atoms with E-state index < -0.39 is 11.4 Å². The number of nitrogens with zero attached hydrogens (tertiary/aromatic N) is 1. The molecule has 130 valence electrons. The summed E-state index contributed by atoms with van der Waals surface area (Å²) in [7, 11) is 0. The number of hydrogen-bond acceptors (Lipinski definition) is 5. The van der Waals surface area contributed by atoms with Gasteiger partial charge in [0, 0.05) is 29.1 Å². The molecule has 25 heavy (non-hydrogen) atoms. The second kappa shape index (κ2) is 7.70. The first-order chi connectivity index (χ1) is 11.8. The first-order valence-electron chi connectivity index (χ1n) is 7.79. The largest absolute Gasteiger partial charge is 0.454 e. The Labute approximate surface area is 146 Å². The predicted molar refractivity (Wildman–Crippen MR) is 93.4 cm³/mol. The van der Waals surface area contributed by atoms with Gasteiger partial charge < -0.3 is 10.1 Å². The Bertz CT molecular complexity index is 762. The molecule has 1 amide bonds. The van der Waals surface area contributed by atoms with Gasteiger partial charge in [-0.25, -0.2) is 4.79 Å². The highest BCUT2D eigenvalue weighted by atomic mass is 16.5. The maximum Gasteiger partial charge on any atom is 0.340 e. The standard InChI is InChI=1S/C19H20N2O4/c1-19(2,3)18(24)21-15-8-6-13(7-9-15)16(22)12-25-17(23)14-5-4-10-20-11-14/h4-11H,12H2,1-3H3,(H,21,24). The van der Waals surface area contributed by atoms with Crippen molar-refractivity contribution in [3.05, 3.63) is 59.9 Å². The Balaban J connectivity index is 1.92. The van der Waals surface area contributed by atoms with E-state index in [1.165, 1.54) is 6.20 Å². The Morgan fingerprint density at radius 3 is 2.28 bits per heavy atom. The van der Waals surface area contributed by atoms with Gasteiger partial charge in [-0.05, 0) is 36.4 Å². The van der Waals surface area contributed by atoms with Crippen LogP contribution in [0.25, 0.3) is 0 Å². The highest BCUT2D eigenvalue weighted by molar-refractivity contribution is 6.00. The molecule has 1 aromatic heterocycles. The molecule has 0 radical (unpaired) electrons. The Morgan fingerprint density at radius 2 is 1.72 bits per heavy atom. The fraction of sp³-hybridized carbons (Fsp3) is 0.263. The van der Waals surface area contributed by atoms with Crippen LogP contribution in [0.3, 0.4) is 0 Å². The van der Waals surface area contributed by atoms with E-state index >= 15 is 0 Å². The number of benzene rings is 1. The highest BCUT2D eigenvalue weighted by Gasteiger charge is 2.21. The van der Waals surface area contributed by atoms with E-state index in [9.17, 15) is 14.4 Å². The van der Waals surface area contributed by atoms with Gasteiger partial charge in [-0.3, -0.25) is 14.6 Å². The second-order valence-corrected chi connectivity index (χ2v) is 6.52. The lowest BCUT2D eigenvalue weighted by atomic mass is 9.95. The topological polar surface area (TPSA) is 85.4 Å². The van der Waals surface area contributed by atoms with Crippen molar-refractivity contribution in [2.24, 2.45) is 5.41 Å². The molecule has 0 aliphatic heterocycles. The van der Waals surface area contributed by atoms with Crippen LogP contribution in [0.1, 0.15) is 41.5 Å². The number of carbonyl (C=O) groups excluding carboxylic acids is 3. The molecule has 1 heterocycles. The summed E-state index contributed by atoms with van der Waals surface area (Å²) in [6, 6.07) is 9.62. The van der Waals surface area contributed by atoms with Crippen LogP contribution >= 0.6 is 0 Å². The number of ketones is 1. The van der Waals surface area contributed by atoms with E-state index in [0.29, 0.717) is 11.3 Å². The molecule has 2 rings (SSSR count). The van der Waals surface area contributed by atoms with Gasteiger partial charge in [0.05, 0.1) is 5.56 Å². The van der Waals surface area contributed by atoms with Gasteiger partial charge in [-0.1, -0.05) is 20.8 Å². The van der Waals surface area contributed by atoms with Crippen LogP contribution in [-0.2, 0) is 9.53 Å². The molecule has 0 fully saturated rings. The zero-order valence-electron chi connectivity index (χ0n) is 14.4. The molecule has 6 nitrogen and oxygen atoms in total. The van der Waals surface area contributed by atoms with Crippen molar-refractivity contribution in [3.63, 3.8) is 0 Å². The summed E-state index contributed by atoms with van der Waals surface area (Å²) in [6.07, 6.45) is 2.92. The number of carbonyl (C=O) groups is 3. The maximum atomic E-state index is 12.1. The van der Waals surface area contributed by atoms with E-state index in [1.54, 1.807) is 42.6 Å². The third kappa shape index (κ3) is 5.24. The van der Waals surface area contributed by atoms with Crippen molar-refractivity contribution >= 4 is 23.3 Å². The number of pyridine rings is 1. The first-order valence-corrected chi connectivity index (χ1v) is 7.79. The third-order valence-electron chi connectivity index (χ3n) is 3.38. The molecule has 2 aromatic rings. The zero-order chi connectivity index (χ0) is 18.4. The molecule has 6 heteroatoms. The second-order valence-electron chi connectivity index (χ2n) is 6.52. The summed E-state index contributed by atoms with van der Waals surface area (Å²) in [6.45, 7) is 5.09. The van der Waals surface area contributed by atoms with Crippen LogP contribution in [-0.4, -0.2) is 29.3 Å². The third-order valence-corrected chi connectivity index (χ3v) is 3.38. The molecule has 1 aromatic carbocycles. The van der Waals surface area contributed by atoms with Gasteiger partial charge in [0.2, 0.25) is 5.91 Å². The van der Waals surface area contributed by atoms with E-state index in [0.717, 1.165) is 0 Å². The SMILES string of the molecule is CC(C)(C)C(=O)Nc1ccc(C(=O)COC(=O)c2cccnc2)cc1. The van der Waals surface area contributed by atoms with E-state index in [-0.39, 0.29) is 23.9 Å². The van der Waals surface area contributed by atoms with Crippen LogP contribution in [0.2, 0.25) is 0 Å². The molecule has 0 aliphatic rings. The summed E-state index contributed by atoms with van der Waals surface area (Å²) in [5, 5.41) is 2.78. The average molecular weight is 340 g/mol. The number of amides is 1. The summed E-state index contributed by atoms with van der Waals surface area (Å²) >= 11 is 0. The minimum Gasteiger partial charge on any atom is -0.454 e.